The van der Waals surface area contributed by atoms with E-state index in [4.69, 9.17) is 21.5 Å². The predicted octanol–water partition coefficient (Wildman–Crippen LogP) is 1.68. The molecule has 7 nitrogen and oxygen atoms in total. The van der Waals surface area contributed by atoms with Gasteiger partial charge in [-0.05, 0) is 40.5 Å². The first-order valence-electron chi connectivity index (χ1n) is 4.98. The van der Waals surface area contributed by atoms with Crippen molar-refractivity contribution in [2.24, 2.45) is 10.8 Å². The van der Waals surface area contributed by atoms with Crippen LogP contribution in [0.5, 0.6) is 0 Å². The summed E-state index contributed by atoms with van der Waals surface area (Å²) in [5.41, 5.74) is 8.73. The van der Waals surface area contributed by atoms with Crippen molar-refractivity contribution in [3.05, 3.63) is 27.7 Å². The first-order chi connectivity index (χ1) is 8.86. The monoisotopic (exact) mass is 323 g/mol. The van der Waals surface area contributed by atoms with Gasteiger partial charge in [-0.3, -0.25) is 10.8 Å². The zero-order valence-corrected chi connectivity index (χ0v) is 11.4. The third kappa shape index (κ3) is 3.53. The highest BCUT2D eigenvalue weighted by Gasteiger charge is 2.11. The van der Waals surface area contributed by atoms with Crippen LogP contribution in [-0.2, 0) is 0 Å². The molecule has 0 saturated carbocycles. The largest absolute Gasteiger partial charge is 0.478 e. The highest BCUT2D eigenvalue weighted by atomic mass is 79.9. The number of hydrogen-bond donors (Lipinski definition) is 4. The molecule has 0 radical (unpaired) electrons. The molecular formula is C11H10BrN5O2. The number of rotatable bonds is 4. The zero-order chi connectivity index (χ0) is 14.6. The Hall–Kier alpha value is -2.40. The molecule has 1 aromatic carbocycles. The molecule has 0 amide bonds. The number of nitrogens with two attached hydrogens (primary N) is 1. The van der Waals surface area contributed by atoms with Gasteiger partial charge in [0.25, 0.3) is 0 Å². The maximum Gasteiger partial charge on any atom is 0.335 e. The number of halogens is 1. The van der Waals surface area contributed by atoms with E-state index in [-0.39, 0.29) is 11.3 Å². The molecule has 0 spiro atoms. The number of aryl methyl sites for hydroxylation is 1. The first-order valence-corrected chi connectivity index (χ1v) is 5.77. The minimum atomic E-state index is -1.04. The van der Waals surface area contributed by atoms with Crippen LogP contribution in [0.3, 0.4) is 0 Å². The van der Waals surface area contributed by atoms with Crippen LogP contribution in [0.15, 0.2) is 21.7 Å². The van der Waals surface area contributed by atoms with Crippen molar-refractivity contribution in [1.82, 2.24) is 0 Å². The molecule has 0 aliphatic heterocycles. The Bertz CT molecular complexity index is 595. The van der Waals surface area contributed by atoms with Crippen LogP contribution in [0.4, 0.5) is 5.69 Å². The molecule has 0 saturated heterocycles. The minimum absolute atomic E-state index is 0.131. The van der Waals surface area contributed by atoms with Gasteiger partial charge in [0.15, 0.2) is 5.84 Å². The topological polar surface area (TPSA) is 135 Å². The van der Waals surface area contributed by atoms with Crippen molar-refractivity contribution in [1.29, 1.82) is 10.7 Å². The predicted molar refractivity (Wildman–Crippen MR) is 74.4 cm³/mol. The van der Waals surface area contributed by atoms with Gasteiger partial charge in [-0.25, -0.2) is 4.79 Å². The summed E-state index contributed by atoms with van der Waals surface area (Å²) in [6.07, 6.45) is 0. The second kappa shape index (κ2) is 5.97. The van der Waals surface area contributed by atoms with Crippen LogP contribution in [0.1, 0.15) is 15.9 Å². The van der Waals surface area contributed by atoms with Crippen LogP contribution in [0.2, 0.25) is 0 Å². The summed E-state index contributed by atoms with van der Waals surface area (Å²) in [4.78, 5) is 10.9. The number of hydrazone groups is 1. The first kappa shape index (κ1) is 14.7. The van der Waals surface area contributed by atoms with Crippen molar-refractivity contribution in [2.45, 2.75) is 6.92 Å². The number of amidine groups is 1. The molecule has 1 rings (SSSR count). The smallest absolute Gasteiger partial charge is 0.335 e. The van der Waals surface area contributed by atoms with E-state index >= 15 is 0 Å². The summed E-state index contributed by atoms with van der Waals surface area (Å²) in [6.45, 7) is 1.69. The number of carbonyl (C=O) groups is 1. The lowest BCUT2D eigenvalue weighted by atomic mass is 10.1. The van der Waals surface area contributed by atoms with Gasteiger partial charge >= 0.3 is 5.97 Å². The maximum absolute atomic E-state index is 10.9. The van der Waals surface area contributed by atoms with Crippen molar-refractivity contribution in [3.8, 4) is 6.07 Å². The number of hydrogen-bond acceptors (Lipinski definition) is 5. The molecule has 0 fully saturated rings. The Morgan fingerprint density at radius 3 is 2.68 bits per heavy atom. The molecule has 0 atom stereocenters. The van der Waals surface area contributed by atoms with Gasteiger partial charge in [0.05, 0.1) is 11.3 Å². The van der Waals surface area contributed by atoms with Crippen LogP contribution >= 0.6 is 15.9 Å². The van der Waals surface area contributed by atoms with Gasteiger partial charge in [0.1, 0.15) is 6.07 Å². The Morgan fingerprint density at radius 1 is 1.63 bits per heavy atom. The average Bonchev–Trinajstić information content (AvgIpc) is 2.31. The van der Waals surface area contributed by atoms with Crippen LogP contribution < -0.4 is 11.2 Å². The van der Waals surface area contributed by atoms with Crippen molar-refractivity contribution in [2.75, 3.05) is 5.43 Å². The van der Waals surface area contributed by atoms with Gasteiger partial charge < -0.3 is 10.8 Å². The second-order valence-electron chi connectivity index (χ2n) is 3.55. The molecule has 0 aromatic heterocycles. The van der Waals surface area contributed by atoms with Crippen molar-refractivity contribution >= 4 is 39.1 Å². The van der Waals surface area contributed by atoms with Gasteiger partial charge in [0, 0.05) is 4.47 Å². The molecule has 0 aliphatic rings. The van der Waals surface area contributed by atoms with E-state index < -0.39 is 11.8 Å². The Morgan fingerprint density at radius 2 is 2.26 bits per heavy atom. The fourth-order valence-corrected chi connectivity index (χ4v) is 1.91. The third-order valence-electron chi connectivity index (χ3n) is 2.17. The van der Waals surface area contributed by atoms with E-state index in [1.54, 1.807) is 13.0 Å². The summed E-state index contributed by atoms with van der Waals surface area (Å²) in [7, 11) is 0. The normalized spacial score (nSPS) is 10.7. The third-order valence-corrected chi connectivity index (χ3v) is 2.80. The van der Waals surface area contributed by atoms with Crippen LogP contribution in [0.25, 0.3) is 0 Å². The molecule has 0 heterocycles. The molecule has 98 valence electrons. The lowest BCUT2D eigenvalue weighted by Gasteiger charge is -2.09. The summed E-state index contributed by atoms with van der Waals surface area (Å²) in [5, 5.41) is 28.4. The number of aromatic carboxylic acids is 1. The second-order valence-corrected chi connectivity index (χ2v) is 4.41. The number of carboxylic acid groups (broad SMARTS) is 1. The number of nitriles is 1. The summed E-state index contributed by atoms with van der Waals surface area (Å²) < 4.78 is 0.481. The maximum atomic E-state index is 10.9. The van der Waals surface area contributed by atoms with E-state index in [1.807, 2.05) is 0 Å². The molecule has 5 N–H and O–H groups in total. The van der Waals surface area contributed by atoms with Gasteiger partial charge in [-0.2, -0.15) is 10.4 Å². The van der Waals surface area contributed by atoms with E-state index in [1.165, 1.54) is 12.1 Å². The fourth-order valence-electron chi connectivity index (χ4n) is 1.27. The summed E-state index contributed by atoms with van der Waals surface area (Å²) in [5.74, 6) is -1.49. The molecule has 1 aromatic rings. The molecule has 0 aliphatic carbocycles. The molecule has 8 heteroatoms. The van der Waals surface area contributed by atoms with Gasteiger partial charge in [0.2, 0.25) is 5.71 Å². The number of anilines is 1. The van der Waals surface area contributed by atoms with Crippen LogP contribution in [0, 0.1) is 23.7 Å². The fraction of sp³-hybridized carbons (Fsp3) is 0.0909. The van der Waals surface area contributed by atoms with Gasteiger partial charge in [-0.1, -0.05) is 0 Å². The van der Waals surface area contributed by atoms with Crippen molar-refractivity contribution in [3.63, 3.8) is 0 Å². The molecule has 0 bridgehead atoms. The molecule has 19 heavy (non-hydrogen) atoms. The highest BCUT2D eigenvalue weighted by molar-refractivity contribution is 9.10. The summed E-state index contributed by atoms with van der Waals surface area (Å²) >= 11 is 3.21. The minimum Gasteiger partial charge on any atom is -0.478 e. The lowest BCUT2D eigenvalue weighted by Crippen LogP contribution is -2.22. The number of carboxylic acids is 1. The summed E-state index contributed by atoms with van der Waals surface area (Å²) in [6, 6.07) is 4.54. The van der Waals surface area contributed by atoms with Gasteiger partial charge in [-0.15, -0.1) is 0 Å². The Balaban J connectivity index is 3.14. The van der Waals surface area contributed by atoms with Crippen molar-refractivity contribution < 1.29 is 9.90 Å². The van der Waals surface area contributed by atoms with E-state index in [9.17, 15) is 4.79 Å². The zero-order valence-electron chi connectivity index (χ0n) is 9.86. The Labute approximate surface area is 117 Å². The van der Waals surface area contributed by atoms with Crippen LogP contribution in [-0.4, -0.2) is 22.6 Å². The standard InChI is InChI=1S/C11H10BrN5O2/c1-5-2-6(11(18)19)3-7(12)9(5)17-16-8(4-13)10(14)15/h2-3,17H,1H3,(H3,14,15)(H,18,19)/b16-8+. The lowest BCUT2D eigenvalue weighted by molar-refractivity contribution is 0.0696. The molecular weight excluding hydrogens is 314 g/mol. The highest BCUT2D eigenvalue weighted by Crippen LogP contribution is 2.28. The van der Waals surface area contributed by atoms with E-state index in [0.717, 1.165) is 0 Å². The number of nitrogens with one attached hydrogen (secondary N) is 2. The molecule has 0 unspecified atom stereocenters. The number of benzene rings is 1. The SMILES string of the molecule is Cc1cc(C(=O)O)cc(Br)c1N/N=C(\C#N)C(=N)N. The van der Waals surface area contributed by atoms with E-state index in [2.05, 4.69) is 26.5 Å². The van der Waals surface area contributed by atoms with E-state index in [0.29, 0.717) is 15.7 Å². The Kier molecular flexibility index (Phi) is 4.61. The number of nitrogens with zero attached hydrogens (tertiary/aromatic N) is 2. The average molecular weight is 324 g/mol. The quantitative estimate of drug-likeness (QED) is 0.379.